The Morgan fingerprint density at radius 1 is 1.06 bits per heavy atom. The zero-order valence-electron chi connectivity index (χ0n) is 11.2. The summed E-state index contributed by atoms with van der Waals surface area (Å²) in [5.41, 5.74) is 1.41. The summed E-state index contributed by atoms with van der Waals surface area (Å²) in [6.45, 7) is 7.20. The maximum Gasteiger partial charge on any atom is 0.119 e. The van der Waals surface area contributed by atoms with E-state index >= 15 is 0 Å². The molecule has 0 aromatic heterocycles. The fourth-order valence-corrected chi connectivity index (χ4v) is 1.70. The highest BCUT2D eigenvalue weighted by Crippen LogP contribution is 2.13. The zero-order valence-corrected chi connectivity index (χ0v) is 11.2. The quantitative estimate of drug-likeness (QED) is 0.662. The van der Waals surface area contributed by atoms with Crippen molar-refractivity contribution in [3.8, 4) is 5.75 Å². The monoisotopic (exact) mass is 235 g/mol. The van der Waals surface area contributed by atoms with Crippen molar-refractivity contribution in [2.24, 2.45) is 0 Å². The number of hydrogen-bond acceptors (Lipinski definition) is 2. The highest BCUT2D eigenvalue weighted by atomic mass is 16.5. The summed E-state index contributed by atoms with van der Waals surface area (Å²) in [7, 11) is 0. The molecule has 1 N–H and O–H groups in total. The first-order valence-corrected chi connectivity index (χ1v) is 6.79. The first-order valence-electron chi connectivity index (χ1n) is 6.79. The van der Waals surface area contributed by atoms with E-state index < -0.39 is 0 Å². The first kappa shape index (κ1) is 14.0. The average molecular weight is 235 g/mol. The van der Waals surface area contributed by atoms with Crippen LogP contribution in [0.25, 0.3) is 0 Å². The topological polar surface area (TPSA) is 21.3 Å². The number of aryl methyl sites for hydroxylation is 1. The third-order valence-electron chi connectivity index (χ3n) is 2.76. The molecule has 0 fully saturated rings. The van der Waals surface area contributed by atoms with Crippen LogP contribution in [0.1, 0.15) is 38.7 Å². The van der Waals surface area contributed by atoms with Gasteiger partial charge in [0.15, 0.2) is 0 Å². The highest BCUT2D eigenvalue weighted by Gasteiger charge is 1.95. The summed E-state index contributed by atoms with van der Waals surface area (Å²) in [4.78, 5) is 0. The molecule has 1 aromatic rings. The lowest BCUT2D eigenvalue weighted by atomic mass is 10.1. The normalized spacial score (nSPS) is 10.5. The van der Waals surface area contributed by atoms with Gasteiger partial charge in [-0.3, -0.25) is 0 Å². The van der Waals surface area contributed by atoms with Gasteiger partial charge in [-0.1, -0.05) is 32.4 Å². The van der Waals surface area contributed by atoms with Gasteiger partial charge in [0.2, 0.25) is 0 Å². The van der Waals surface area contributed by atoms with Crippen LogP contribution in [0.15, 0.2) is 24.3 Å². The second kappa shape index (κ2) is 9.06. The van der Waals surface area contributed by atoms with Crippen molar-refractivity contribution < 1.29 is 4.74 Å². The van der Waals surface area contributed by atoms with E-state index in [-0.39, 0.29) is 0 Å². The number of rotatable bonds is 9. The fourth-order valence-electron chi connectivity index (χ4n) is 1.70. The molecular formula is C15H25NO. The van der Waals surface area contributed by atoms with Crippen LogP contribution in [0.3, 0.4) is 0 Å². The molecule has 0 aliphatic rings. The summed E-state index contributed by atoms with van der Waals surface area (Å²) in [6, 6.07) is 8.51. The summed E-state index contributed by atoms with van der Waals surface area (Å²) in [6.07, 6.45) is 4.76. The van der Waals surface area contributed by atoms with Gasteiger partial charge in [-0.25, -0.2) is 0 Å². The summed E-state index contributed by atoms with van der Waals surface area (Å²) >= 11 is 0. The van der Waals surface area contributed by atoms with Gasteiger partial charge in [-0.2, -0.15) is 0 Å². The molecule has 0 spiro atoms. The van der Waals surface area contributed by atoms with Gasteiger partial charge in [0.1, 0.15) is 5.75 Å². The maximum atomic E-state index is 5.67. The van der Waals surface area contributed by atoms with Crippen molar-refractivity contribution in [3.05, 3.63) is 29.8 Å². The summed E-state index contributed by atoms with van der Waals surface area (Å²) < 4.78 is 5.67. The molecule has 0 saturated heterocycles. The molecule has 0 heterocycles. The van der Waals surface area contributed by atoms with Crippen LogP contribution in [0, 0.1) is 0 Å². The molecule has 1 aromatic carbocycles. The van der Waals surface area contributed by atoms with E-state index in [4.69, 9.17) is 4.74 Å². The maximum absolute atomic E-state index is 5.67. The Morgan fingerprint density at radius 3 is 2.47 bits per heavy atom. The second-order valence-corrected chi connectivity index (χ2v) is 4.30. The molecule has 0 aliphatic carbocycles. The molecule has 2 heteroatoms. The molecular weight excluding hydrogens is 210 g/mol. The van der Waals surface area contributed by atoms with Crippen molar-refractivity contribution in [2.75, 3.05) is 19.7 Å². The smallest absolute Gasteiger partial charge is 0.119 e. The number of nitrogens with one attached hydrogen (secondary N) is 1. The van der Waals surface area contributed by atoms with Gasteiger partial charge in [0.05, 0.1) is 6.61 Å². The van der Waals surface area contributed by atoms with Gasteiger partial charge >= 0.3 is 0 Å². The molecule has 96 valence electrons. The minimum absolute atomic E-state index is 0.793. The van der Waals surface area contributed by atoms with Crippen LogP contribution >= 0.6 is 0 Å². The minimum atomic E-state index is 0.793. The Kier molecular flexibility index (Phi) is 7.48. The van der Waals surface area contributed by atoms with Crippen LogP contribution in [-0.2, 0) is 6.42 Å². The average Bonchev–Trinajstić information content (AvgIpc) is 2.37. The molecule has 0 saturated carbocycles. The largest absolute Gasteiger partial charge is 0.494 e. The van der Waals surface area contributed by atoms with E-state index in [1.807, 2.05) is 0 Å². The Morgan fingerprint density at radius 2 is 1.82 bits per heavy atom. The van der Waals surface area contributed by atoms with E-state index in [0.717, 1.165) is 31.9 Å². The predicted octanol–water partition coefficient (Wildman–Crippen LogP) is 3.41. The molecule has 0 atom stereocenters. The predicted molar refractivity (Wildman–Crippen MR) is 73.7 cm³/mol. The SMILES string of the molecule is CCCCc1ccc(OCCCNCC)cc1. The lowest BCUT2D eigenvalue weighted by Gasteiger charge is -2.07. The van der Waals surface area contributed by atoms with Crippen LogP contribution in [0.2, 0.25) is 0 Å². The molecule has 0 radical (unpaired) electrons. The Balaban J connectivity index is 2.20. The lowest BCUT2D eigenvalue weighted by Crippen LogP contribution is -2.16. The Bertz CT molecular complexity index is 281. The van der Waals surface area contributed by atoms with Crippen LogP contribution in [0.4, 0.5) is 0 Å². The van der Waals surface area contributed by atoms with Crippen LogP contribution in [-0.4, -0.2) is 19.7 Å². The van der Waals surface area contributed by atoms with Crippen LogP contribution in [0.5, 0.6) is 5.75 Å². The summed E-state index contributed by atoms with van der Waals surface area (Å²) in [5, 5.41) is 3.29. The number of benzene rings is 1. The molecule has 0 unspecified atom stereocenters. The minimum Gasteiger partial charge on any atom is -0.494 e. The number of unbranched alkanes of at least 4 members (excludes halogenated alkanes) is 1. The molecule has 0 amide bonds. The molecule has 0 bridgehead atoms. The van der Waals surface area contributed by atoms with Gasteiger partial charge in [-0.05, 0) is 50.0 Å². The van der Waals surface area contributed by atoms with E-state index in [9.17, 15) is 0 Å². The third kappa shape index (κ3) is 6.32. The fraction of sp³-hybridized carbons (Fsp3) is 0.600. The van der Waals surface area contributed by atoms with Gasteiger partial charge < -0.3 is 10.1 Å². The second-order valence-electron chi connectivity index (χ2n) is 4.30. The van der Waals surface area contributed by atoms with Crippen molar-refractivity contribution in [1.29, 1.82) is 0 Å². The lowest BCUT2D eigenvalue weighted by molar-refractivity contribution is 0.308. The molecule has 0 aliphatic heterocycles. The summed E-state index contributed by atoms with van der Waals surface area (Å²) in [5.74, 6) is 0.988. The van der Waals surface area contributed by atoms with Crippen molar-refractivity contribution in [2.45, 2.75) is 39.5 Å². The standard InChI is InChI=1S/C15H25NO/c1-3-5-7-14-8-10-15(11-9-14)17-13-6-12-16-4-2/h8-11,16H,3-7,12-13H2,1-2H3. The van der Waals surface area contributed by atoms with Crippen molar-refractivity contribution >= 4 is 0 Å². The first-order chi connectivity index (χ1) is 8.36. The van der Waals surface area contributed by atoms with E-state index in [1.165, 1.54) is 24.8 Å². The van der Waals surface area contributed by atoms with E-state index in [2.05, 4.69) is 43.4 Å². The van der Waals surface area contributed by atoms with E-state index in [0.29, 0.717) is 0 Å². The Hall–Kier alpha value is -1.02. The van der Waals surface area contributed by atoms with Crippen molar-refractivity contribution in [3.63, 3.8) is 0 Å². The number of hydrogen-bond donors (Lipinski definition) is 1. The third-order valence-corrected chi connectivity index (χ3v) is 2.76. The number of ether oxygens (including phenoxy) is 1. The zero-order chi connectivity index (χ0) is 12.3. The molecule has 1 rings (SSSR count). The van der Waals surface area contributed by atoms with Crippen molar-refractivity contribution in [1.82, 2.24) is 5.32 Å². The molecule has 2 nitrogen and oxygen atoms in total. The van der Waals surface area contributed by atoms with E-state index in [1.54, 1.807) is 0 Å². The van der Waals surface area contributed by atoms with Gasteiger partial charge in [0, 0.05) is 0 Å². The van der Waals surface area contributed by atoms with Gasteiger partial charge in [0.25, 0.3) is 0 Å². The van der Waals surface area contributed by atoms with Crippen LogP contribution < -0.4 is 10.1 Å². The molecule has 17 heavy (non-hydrogen) atoms. The Labute approximate surface area is 105 Å². The highest BCUT2D eigenvalue weighted by molar-refractivity contribution is 5.27. The van der Waals surface area contributed by atoms with Gasteiger partial charge in [-0.15, -0.1) is 0 Å².